The molecule has 3 heterocycles. The predicted molar refractivity (Wildman–Crippen MR) is 148 cm³/mol. The van der Waals surface area contributed by atoms with Crippen molar-refractivity contribution in [3.05, 3.63) is 52.4 Å². The number of rotatable bonds is 7. The minimum absolute atomic E-state index is 0.0474. The van der Waals surface area contributed by atoms with Crippen molar-refractivity contribution in [3.8, 4) is 5.75 Å². The molecule has 0 bridgehead atoms. The van der Waals surface area contributed by atoms with Crippen LogP contribution in [-0.2, 0) is 16.8 Å². The number of pyridine rings is 2. The van der Waals surface area contributed by atoms with Gasteiger partial charge in [0.15, 0.2) is 5.84 Å². The van der Waals surface area contributed by atoms with E-state index >= 15 is 0 Å². The van der Waals surface area contributed by atoms with Gasteiger partial charge >= 0.3 is 0 Å². The van der Waals surface area contributed by atoms with Crippen molar-refractivity contribution < 1.29 is 22.6 Å². The summed E-state index contributed by atoms with van der Waals surface area (Å²) in [6.45, 7) is 4.39. The third-order valence-corrected chi connectivity index (χ3v) is 9.25. The monoisotopic (exact) mass is 562 g/mol. The van der Waals surface area contributed by atoms with E-state index in [1.165, 1.54) is 29.0 Å². The lowest BCUT2D eigenvalue weighted by Gasteiger charge is -2.39. The van der Waals surface area contributed by atoms with Crippen LogP contribution in [-0.4, -0.2) is 44.1 Å². The van der Waals surface area contributed by atoms with Crippen molar-refractivity contribution >= 4 is 49.2 Å². The number of amidine groups is 1. The molecule has 0 unspecified atom stereocenters. The van der Waals surface area contributed by atoms with Crippen molar-refractivity contribution in [1.82, 2.24) is 9.55 Å². The highest BCUT2D eigenvalue weighted by molar-refractivity contribution is 8.23. The van der Waals surface area contributed by atoms with Gasteiger partial charge in [-0.1, -0.05) is 24.6 Å². The van der Waals surface area contributed by atoms with Crippen LogP contribution in [0.4, 0.5) is 11.4 Å². The number of hydrogen-bond acceptors (Lipinski definition) is 9. The highest BCUT2D eigenvalue weighted by atomic mass is 32.3. The quantitative estimate of drug-likeness (QED) is 0.289. The molecule has 0 amide bonds. The smallest absolute Gasteiger partial charge is 0.299 e. The summed E-state index contributed by atoms with van der Waals surface area (Å²) >= 11 is 0. The molecule has 12 nitrogen and oxygen atoms in total. The molecule has 204 valence electrons. The lowest BCUT2D eigenvalue weighted by Crippen LogP contribution is -2.47. The second-order valence-electron chi connectivity index (χ2n) is 9.93. The Morgan fingerprint density at radius 3 is 2.63 bits per heavy atom. The summed E-state index contributed by atoms with van der Waals surface area (Å²) in [6, 6.07) is 7.23. The van der Waals surface area contributed by atoms with Crippen LogP contribution < -0.4 is 20.3 Å². The van der Waals surface area contributed by atoms with Gasteiger partial charge in [-0.25, -0.2) is 10.1 Å². The fraction of sp³-hybridized carbons (Fsp3) is 0.375. The summed E-state index contributed by atoms with van der Waals surface area (Å²) in [5, 5.41) is 19.8. The minimum Gasteiger partial charge on any atom is -0.506 e. The van der Waals surface area contributed by atoms with Crippen LogP contribution in [0.1, 0.15) is 45.1 Å². The zero-order chi connectivity index (χ0) is 27.4. The van der Waals surface area contributed by atoms with Crippen molar-refractivity contribution in [2.24, 2.45) is 15.5 Å². The molecule has 1 aliphatic carbocycles. The lowest BCUT2D eigenvalue weighted by atomic mass is 9.93. The van der Waals surface area contributed by atoms with Gasteiger partial charge in [-0.15, -0.1) is 4.40 Å². The molecule has 1 saturated carbocycles. The zero-order valence-corrected chi connectivity index (χ0v) is 22.5. The standard InChI is InChI=1S/C24H30N6O6S2/c1-14(2)10-12-29-23-17(7-4-11-26-23)21(31)20(24(29)32)22-27-18-9-8-16(13-19(18)37(33,34)28-22)30(38(25,35)36)15-5-3-6-15/h4,7-9,11,13-15,31,33-34H,3,5-6,10,12H2,1-2H3,(H,27,28)(H2,25,35,36). The molecule has 6 N–H and O–H groups in total. The number of hydrogen-bond donors (Lipinski definition) is 5. The Kier molecular flexibility index (Phi) is 6.64. The van der Waals surface area contributed by atoms with Crippen molar-refractivity contribution in [2.75, 3.05) is 9.62 Å². The van der Waals surface area contributed by atoms with Crippen LogP contribution in [0, 0.1) is 5.92 Å². The highest BCUT2D eigenvalue weighted by Gasteiger charge is 2.35. The van der Waals surface area contributed by atoms with Crippen LogP contribution >= 0.6 is 10.8 Å². The number of nitrogens with zero attached hydrogens (tertiary/aromatic N) is 4. The summed E-state index contributed by atoms with van der Waals surface area (Å²) in [4.78, 5) is 17.8. The molecule has 14 heteroatoms. The van der Waals surface area contributed by atoms with Gasteiger partial charge in [0, 0.05) is 18.8 Å². The number of nitrogens with one attached hydrogen (secondary N) is 1. The number of anilines is 2. The first kappa shape index (κ1) is 26.4. The minimum atomic E-state index is -4.10. The number of aromatic nitrogens is 2. The normalized spacial score (nSPS) is 17.9. The average molecular weight is 563 g/mol. The maximum absolute atomic E-state index is 13.6. The molecular weight excluding hydrogens is 532 g/mol. The van der Waals surface area contributed by atoms with Gasteiger partial charge in [0.2, 0.25) is 0 Å². The molecule has 3 aromatic rings. The maximum Gasteiger partial charge on any atom is 0.299 e. The Morgan fingerprint density at radius 1 is 1.26 bits per heavy atom. The molecule has 38 heavy (non-hydrogen) atoms. The third kappa shape index (κ3) is 4.62. The Balaban J connectivity index is 1.62. The molecule has 2 aliphatic rings. The molecule has 2 aromatic heterocycles. The number of fused-ring (bicyclic) bond motifs is 2. The van der Waals surface area contributed by atoms with Gasteiger partial charge in [0.05, 0.1) is 16.8 Å². The van der Waals surface area contributed by atoms with Gasteiger partial charge < -0.3 is 10.4 Å². The maximum atomic E-state index is 13.6. The van der Waals surface area contributed by atoms with E-state index < -0.39 is 26.5 Å². The predicted octanol–water partition coefficient (Wildman–Crippen LogP) is 3.61. The van der Waals surface area contributed by atoms with E-state index in [4.69, 9.17) is 5.14 Å². The number of benzene rings is 1. The van der Waals surface area contributed by atoms with Crippen LogP contribution in [0.3, 0.4) is 0 Å². The summed E-state index contributed by atoms with van der Waals surface area (Å²) in [6.07, 6.45) is 4.36. The Morgan fingerprint density at radius 2 is 2.00 bits per heavy atom. The first-order valence-corrected chi connectivity index (χ1v) is 15.2. The number of aryl methyl sites for hydroxylation is 1. The molecule has 1 aromatic carbocycles. The summed E-state index contributed by atoms with van der Waals surface area (Å²) in [5.74, 6) is -0.294. The molecule has 0 radical (unpaired) electrons. The number of nitrogens with two attached hydrogens (primary N) is 1. The second kappa shape index (κ2) is 9.54. The van der Waals surface area contributed by atoms with E-state index in [0.29, 0.717) is 42.8 Å². The Labute approximate surface area is 221 Å². The van der Waals surface area contributed by atoms with Crippen molar-refractivity contribution in [1.29, 1.82) is 0 Å². The van der Waals surface area contributed by atoms with Gasteiger partial charge in [-0.2, -0.15) is 8.42 Å². The van der Waals surface area contributed by atoms with E-state index in [2.05, 4.69) is 14.7 Å². The molecule has 0 atom stereocenters. The van der Waals surface area contributed by atoms with Crippen molar-refractivity contribution in [2.45, 2.75) is 57.0 Å². The van der Waals surface area contributed by atoms with E-state index in [1.807, 2.05) is 13.8 Å². The first-order valence-electron chi connectivity index (χ1n) is 12.2. The molecule has 1 fully saturated rings. The van der Waals surface area contributed by atoms with Crippen LogP contribution in [0.15, 0.2) is 50.6 Å². The highest BCUT2D eigenvalue weighted by Crippen LogP contribution is 2.56. The number of aromatic hydroxyl groups is 1. The summed E-state index contributed by atoms with van der Waals surface area (Å²) in [5.41, 5.74) is -0.0926. The van der Waals surface area contributed by atoms with Crippen molar-refractivity contribution in [3.63, 3.8) is 0 Å². The average Bonchev–Trinajstić information content (AvgIpc) is 2.80. The van der Waals surface area contributed by atoms with Crippen LogP contribution in [0.25, 0.3) is 11.0 Å². The molecular formula is C24H30N6O6S2. The van der Waals surface area contributed by atoms with Crippen LogP contribution in [0.2, 0.25) is 0 Å². The molecule has 1 aliphatic heterocycles. The van der Waals surface area contributed by atoms with Gasteiger partial charge in [-0.05, 0) is 61.9 Å². The van der Waals surface area contributed by atoms with E-state index in [1.54, 1.807) is 12.1 Å². The Bertz CT molecular complexity index is 1610. The van der Waals surface area contributed by atoms with E-state index in [-0.39, 0.29) is 39.5 Å². The van der Waals surface area contributed by atoms with Gasteiger partial charge in [0.1, 0.15) is 21.9 Å². The molecule has 5 rings (SSSR count). The van der Waals surface area contributed by atoms with E-state index in [0.717, 1.165) is 10.7 Å². The van der Waals surface area contributed by atoms with Gasteiger partial charge in [0.25, 0.3) is 15.8 Å². The lowest BCUT2D eigenvalue weighted by molar-refractivity contribution is 0.415. The molecule has 0 spiro atoms. The van der Waals surface area contributed by atoms with Crippen LogP contribution in [0.5, 0.6) is 5.75 Å². The van der Waals surface area contributed by atoms with E-state index in [9.17, 15) is 27.4 Å². The second-order valence-corrected chi connectivity index (χ2v) is 13.0. The first-order chi connectivity index (χ1) is 17.9. The third-order valence-electron chi connectivity index (χ3n) is 6.83. The van der Waals surface area contributed by atoms with Gasteiger partial charge in [-0.3, -0.25) is 22.8 Å². The fourth-order valence-electron chi connectivity index (χ4n) is 4.67. The summed E-state index contributed by atoms with van der Waals surface area (Å²) < 4.78 is 53.3. The largest absolute Gasteiger partial charge is 0.506 e. The zero-order valence-electron chi connectivity index (χ0n) is 20.9. The fourth-order valence-corrected chi connectivity index (χ4v) is 6.89. The summed E-state index contributed by atoms with van der Waals surface area (Å²) in [7, 11) is -8.00. The topological polar surface area (TPSA) is 183 Å². The SMILES string of the molecule is CC(C)CCn1c(=O)c(C2=NS(O)(O)c3cc(N(C4CCC4)S(N)(=O)=O)ccc3N2)c(O)c2cccnc21. The Hall–Kier alpha value is -3.17. The molecule has 0 saturated heterocycles.